The van der Waals surface area contributed by atoms with Crippen molar-refractivity contribution < 1.29 is 5.11 Å². The number of benzene rings is 1. The van der Waals surface area contributed by atoms with E-state index in [1.807, 2.05) is 0 Å². The third-order valence-corrected chi connectivity index (χ3v) is 3.98. The molecular formula is C17H29NO. The molecule has 2 heteroatoms. The van der Waals surface area contributed by atoms with Gasteiger partial charge in [0.25, 0.3) is 0 Å². The largest absolute Gasteiger partial charge is 0.395 e. The lowest BCUT2D eigenvalue weighted by Crippen LogP contribution is -2.38. The van der Waals surface area contributed by atoms with Crippen LogP contribution in [0.5, 0.6) is 0 Å². The number of aliphatic hydroxyl groups excluding tert-OH is 1. The summed E-state index contributed by atoms with van der Waals surface area (Å²) in [6, 6.07) is 6.96. The Hall–Kier alpha value is -0.860. The van der Waals surface area contributed by atoms with Crippen molar-refractivity contribution in [1.29, 1.82) is 0 Å². The summed E-state index contributed by atoms with van der Waals surface area (Å²) in [4.78, 5) is 2.26. The summed E-state index contributed by atoms with van der Waals surface area (Å²) in [5.74, 6) is 1.02. The first kappa shape index (κ1) is 16.2. The number of nitrogens with zero attached hydrogens (tertiary/aromatic N) is 1. The molecule has 19 heavy (non-hydrogen) atoms. The zero-order valence-electron chi connectivity index (χ0n) is 13.3. The Morgan fingerprint density at radius 3 is 2.26 bits per heavy atom. The van der Waals surface area contributed by atoms with Crippen LogP contribution in [0, 0.1) is 12.8 Å². The van der Waals surface area contributed by atoms with Gasteiger partial charge in [-0.25, -0.2) is 0 Å². The highest BCUT2D eigenvalue weighted by Crippen LogP contribution is 2.21. The van der Waals surface area contributed by atoms with Crippen LogP contribution in [-0.4, -0.2) is 29.7 Å². The molecule has 108 valence electrons. The van der Waals surface area contributed by atoms with E-state index < -0.39 is 0 Å². The van der Waals surface area contributed by atoms with Crippen molar-refractivity contribution in [1.82, 2.24) is 4.90 Å². The van der Waals surface area contributed by atoms with Crippen molar-refractivity contribution in [2.45, 2.75) is 53.1 Å². The standard InChI is InChI=1S/C17H29NO/c1-12(2)15-8-7-14(5)16(9-15)10-18(6)17(11-19)13(3)4/h7-9,12-13,17,19H,10-11H2,1-6H3. The monoisotopic (exact) mass is 263 g/mol. The predicted octanol–water partition coefficient (Wildman–Crippen LogP) is 3.57. The molecule has 0 fully saturated rings. The van der Waals surface area contributed by atoms with E-state index in [0.29, 0.717) is 11.8 Å². The molecule has 1 N–H and O–H groups in total. The number of likely N-dealkylation sites (N-methyl/N-ethyl adjacent to an activating group) is 1. The van der Waals surface area contributed by atoms with E-state index in [-0.39, 0.29) is 12.6 Å². The highest BCUT2D eigenvalue weighted by molar-refractivity contribution is 5.32. The molecule has 1 aromatic carbocycles. The average molecular weight is 263 g/mol. The second-order valence-electron chi connectivity index (χ2n) is 6.25. The molecule has 0 aromatic heterocycles. The molecule has 0 saturated carbocycles. The predicted molar refractivity (Wildman–Crippen MR) is 82.4 cm³/mol. The zero-order chi connectivity index (χ0) is 14.6. The first-order valence-electron chi connectivity index (χ1n) is 7.27. The molecule has 0 radical (unpaired) electrons. The molecule has 1 atom stereocenters. The third kappa shape index (κ3) is 4.32. The van der Waals surface area contributed by atoms with E-state index in [4.69, 9.17) is 0 Å². The maximum atomic E-state index is 9.52. The fourth-order valence-electron chi connectivity index (χ4n) is 2.47. The van der Waals surface area contributed by atoms with Gasteiger partial charge in [-0.2, -0.15) is 0 Å². The molecule has 0 heterocycles. The van der Waals surface area contributed by atoms with Gasteiger partial charge in [-0.15, -0.1) is 0 Å². The SMILES string of the molecule is Cc1ccc(C(C)C)cc1CN(C)C(CO)C(C)C. The number of rotatable bonds is 6. The number of hydrogen-bond donors (Lipinski definition) is 1. The molecule has 1 aromatic rings. The van der Waals surface area contributed by atoms with Crippen LogP contribution >= 0.6 is 0 Å². The van der Waals surface area contributed by atoms with E-state index in [0.717, 1.165) is 6.54 Å². The van der Waals surface area contributed by atoms with Gasteiger partial charge in [0.1, 0.15) is 0 Å². The lowest BCUT2D eigenvalue weighted by Gasteiger charge is -2.30. The van der Waals surface area contributed by atoms with Crippen LogP contribution in [0.1, 0.15) is 50.3 Å². The molecule has 0 spiro atoms. The topological polar surface area (TPSA) is 23.5 Å². The van der Waals surface area contributed by atoms with Crippen LogP contribution in [0.15, 0.2) is 18.2 Å². The van der Waals surface area contributed by atoms with E-state index in [1.165, 1.54) is 16.7 Å². The van der Waals surface area contributed by atoms with Crippen LogP contribution in [-0.2, 0) is 6.54 Å². The summed E-state index contributed by atoms with van der Waals surface area (Å²) >= 11 is 0. The van der Waals surface area contributed by atoms with Gasteiger partial charge in [-0.05, 0) is 42.5 Å². The van der Waals surface area contributed by atoms with Gasteiger partial charge in [-0.1, -0.05) is 45.9 Å². The molecule has 1 rings (SSSR count). The van der Waals surface area contributed by atoms with Crippen molar-refractivity contribution >= 4 is 0 Å². The number of aryl methyl sites for hydroxylation is 1. The summed E-state index contributed by atoms with van der Waals surface area (Å²) in [5, 5.41) is 9.52. The summed E-state index contributed by atoms with van der Waals surface area (Å²) < 4.78 is 0. The van der Waals surface area contributed by atoms with Crippen LogP contribution in [0.4, 0.5) is 0 Å². The quantitative estimate of drug-likeness (QED) is 0.848. The molecule has 0 saturated heterocycles. The Balaban J connectivity index is 2.89. The Kier molecular flexibility index (Phi) is 6.02. The first-order valence-corrected chi connectivity index (χ1v) is 7.27. The van der Waals surface area contributed by atoms with E-state index in [2.05, 4.69) is 64.8 Å². The maximum Gasteiger partial charge on any atom is 0.0589 e. The highest BCUT2D eigenvalue weighted by Gasteiger charge is 2.18. The molecular weight excluding hydrogens is 234 g/mol. The number of aliphatic hydroxyl groups is 1. The zero-order valence-corrected chi connectivity index (χ0v) is 13.3. The fourth-order valence-corrected chi connectivity index (χ4v) is 2.47. The van der Waals surface area contributed by atoms with Crippen molar-refractivity contribution in [3.8, 4) is 0 Å². The number of hydrogen-bond acceptors (Lipinski definition) is 2. The summed E-state index contributed by atoms with van der Waals surface area (Å²) in [7, 11) is 2.10. The van der Waals surface area contributed by atoms with Crippen molar-refractivity contribution in [3.63, 3.8) is 0 Å². The van der Waals surface area contributed by atoms with Gasteiger partial charge in [0.2, 0.25) is 0 Å². The van der Waals surface area contributed by atoms with Gasteiger partial charge < -0.3 is 5.11 Å². The Bertz CT molecular complexity index is 398. The van der Waals surface area contributed by atoms with Crippen molar-refractivity contribution in [2.75, 3.05) is 13.7 Å². The van der Waals surface area contributed by atoms with Crippen LogP contribution in [0.25, 0.3) is 0 Å². The molecule has 0 aliphatic heterocycles. The Morgan fingerprint density at radius 1 is 1.16 bits per heavy atom. The molecule has 0 aliphatic carbocycles. The molecule has 0 amide bonds. The molecule has 0 aliphatic rings. The minimum Gasteiger partial charge on any atom is -0.395 e. The second-order valence-corrected chi connectivity index (χ2v) is 6.25. The van der Waals surface area contributed by atoms with Gasteiger partial charge >= 0.3 is 0 Å². The van der Waals surface area contributed by atoms with Crippen molar-refractivity contribution in [3.05, 3.63) is 34.9 Å². The lowest BCUT2D eigenvalue weighted by atomic mass is 9.96. The van der Waals surface area contributed by atoms with Crippen molar-refractivity contribution in [2.24, 2.45) is 5.92 Å². The smallest absolute Gasteiger partial charge is 0.0589 e. The summed E-state index contributed by atoms with van der Waals surface area (Å²) in [6.07, 6.45) is 0. The van der Waals surface area contributed by atoms with Gasteiger partial charge in [0.05, 0.1) is 6.61 Å². The minimum atomic E-state index is 0.219. The summed E-state index contributed by atoms with van der Waals surface area (Å²) in [6.45, 7) is 12.1. The second kappa shape index (κ2) is 7.06. The minimum absolute atomic E-state index is 0.219. The normalized spacial score (nSPS) is 13.6. The van der Waals surface area contributed by atoms with Gasteiger partial charge in [-0.3, -0.25) is 4.90 Å². The van der Waals surface area contributed by atoms with E-state index in [1.54, 1.807) is 0 Å². The van der Waals surface area contributed by atoms with E-state index in [9.17, 15) is 5.11 Å². The molecule has 1 unspecified atom stereocenters. The van der Waals surface area contributed by atoms with Crippen LogP contribution in [0.2, 0.25) is 0 Å². The third-order valence-electron chi connectivity index (χ3n) is 3.98. The van der Waals surface area contributed by atoms with Crippen LogP contribution in [0.3, 0.4) is 0 Å². The maximum absolute atomic E-state index is 9.52. The van der Waals surface area contributed by atoms with Gasteiger partial charge in [0.15, 0.2) is 0 Å². The van der Waals surface area contributed by atoms with Gasteiger partial charge in [0, 0.05) is 12.6 Å². The van der Waals surface area contributed by atoms with Crippen LogP contribution < -0.4 is 0 Å². The summed E-state index contributed by atoms with van der Waals surface area (Å²) in [5.41, 5.74) is 4.09. The lowest BCUT2D eigenvalue weighted by molar-refractivity contribution is 0.107. The first-order chi connectivity index (χ1) is 8.86. The molecule has 2 nitrogen and oxygen atoms in total. The average Bonchev–Trinajstić information content (AvgIpc) is 2.31. The highest BCUT2D eigenvalue weighted by atomic mass is 16.3. The van der Waals surface area contributed by atoms with E-state index >= 15 is 0 Å². The Morgan fingerprint density at radius 2 is 1.79 bits per heavy atom. The fraction of sp³-hybridized carbons (Fsp3) is 0.647. The molecule has 0 bridgehead atoms. The Labute approximate surface area is 118 Å².